The molecule has 0 unspecified atom stereocenters. The Balaban J connectivity index is 2.45. The molecule has 100 valence electrons. The number of carbonyl (C=O) groups excluding carboxylic acids is 1. The number of nitrogens with zero attached hydrogens (tertiary/aromatic N) is 1. The lowest BCUT2D eigenvalue weighted by Crippen LogP contribution is -2.03. The highest BCUT2D eigenvalue weighted by Crippen LogP contribution is 2.30. The van der Waals surface area contributed by atoms with Crippen molar-refractivity contribution in [2.24, 2.45) is 0 Å². The van der Waals surface area contributed by atoms with Gasteiger partial charge in [-0.1, -0.05) is 24.3 Å². The van der Waals surface area contributed by atoms with Crippen molar-refractivity contribution in [2.75, 3.05) is 14.2 Å². The van der Waals surface area contributed by atoms with Gasteiger partial charge in [-0.05, 0) is 12.5 Å². The molecule has 2 aromatic rings. The van der Waals surface area contributed by atoms with E-state index in [-0.39, 0.29) is 0 Å². The normalized spacial score (nSPS) is 10.5. The smallest absolute Gasteiger partial charge is 0.357 e. The first-order valence-electron chi connectivity index (χ1n) is 5.80. The van der Waals surface area contributed by atoms with Gasteiger partial charge in [-0.2, -0.15) is 0 Å². The molecule has 0 amide bonds. The summed E-state index contributed by atoms with van der Waals surface area (Å²) >= 11 is 1.48. The fraction of sp³-hybridized carbons (Fsp3) is 0.286. The zero-order valence-electron chi connectivity index (χ0n) is 11.1. The van der Waals surface area contributed by atoms with Gasteiger partial charge in [0.1, 0.15) is 5.01 Å². The van der Waals surface area contributed by atoms with Crippen LogP contribution in [0.3, 0.4) is 0 Å². The van der Waals surface area contributed by atoms with Crippen LogP contribution in [0.25, 0.3) is 10.6 Å². The van der Waals surface area contributed by atoms with E-state index in [9.17, 15) is 4.79 Å². The fourth-order valence-corrected chi connectivity index (χ4v) is 2.77. The molecule has 0 N–H and O–H groups in total. The number of methoxy groups -OCH3 is 2. The van der Waals surface area contributed by atoms with Crippen LogP contribution < -0.4 is 0 Å². The van der Waals surface area contributed by atoms with Crippen molar-refractivity contribution in [1.29, 1.82) is 0 Å². The molecule has 0 radical (unpaired) electrons. The van der Waals surface area contributed by atoms with Crippen LogP contribution in [0, 0.1) is 6.92 Å². The van der Waals surface area contributed by atoms with Gasteiger partial charge in [0, 0.05) is 17.6 Å². The van der Waals surface area contributed by atoms with Gasteiger partial charge in [0.2, 0.25) is 0 Å². The largest absolute Gasteiger partial charge is 0.464 e. The molecule has 0 atom stereocenters. The van der Waals surface area contributed by atoms with Crippen LogP contribution in [0.5, 0.6) is 0 Å². The van der Waals surface area contributed by atoms with E-state index in [0.717, 1.165) is 21.0 Å². The maximum atomic E-state index is 11.6. The maximum Gasteiger partial charge on any atom is 0.357 e. The van der Waals surface area contributed by atoms with Gasteiger partial charge in [0.05, 0.1) is 13.7 Å². The Bertz CT molecular complexity index is 592. The first-order chi connectivity index (χ1) is 9.17. The molecule has 0 bridgehead atoms. The second-order valence-electron chi connectivity index (χ2n) is 4.01. The van der Waals surface area contributed by atoms with E-state index >= 15 is 0 Å². The summed E-state index contributed by atoms with van der Waals surface area (Å²) < 4.78 is 9.91. The molecular formula is C14H15NO3S. The highest BCUT2D eigenvalue weighted by Gasteiger charge is 2.17. The van der Waals surface area contributed by atoms with Crippen molar-refractivity contribution in [1.82, 2.24) is 4.98 Å². The number of ether oxygens (including phenoxy) is 2. The molecule has 1 aromatic heterocycles. The number of hydrogen-bond donors (Lipinski definition) is 0. The summed E-state index contributed by atoms with van der Waals surface area (Å²) in [6, 6.07) is 7.88. The topological polar surface area (TPSA) is 48.4 Å². The molecule has 1 heterocycles. The molecule has 0 saturated heterocycles. The van der Waals surface area contributed by atoms with Crippen molar-refractivity contribution in [3.63, 3.8) is 0 Å². The van der Waals surface area contributed by atoms with E-state index in [1.54, 1.807) is 7.11 Å². The van der Waals surface area contributed by atoms with Crippen molar-refractivity contribution in [3.05, 3.63) is 40.4 Å². The standard InChI is InChI=1S/C14H15NO3S/c1-9-12(14(16)18-3)15-13(19-9)11-7-5-4-6-10(11)8-17-2/h4-7H,8H2,1-3H3. The molecule has 0 aliphatic heterocycles. The van der Waals surface area contributed by atoms with Gasteiger partial charge >= 0.3 is 5.97 Å². The van der Waals surface area contributed by atoms with Gasteiger partial charge < -0.3 is 9.47 Å². The number of carbonyl (C=O) groups is 1. The lowest BCUT2D eigenvalue weighted by Gasteiger charge is -2.05. The van der Waals surface area contributed by atoms with Crippen molar-refractivity contribution in [2.45, 2.75) is 13.5 Å². The van der Waals surface area contributed by atoms with Crippen LogP contribution in [0.4, 0.5) is 0 Å². The Morgan fingerprint density at radius 3 is 2.74 bits per heavy atom. The first-order valence-corrected chi connectivity index (χ1v) is 6.62. The van der Waals surface area contributed by atoms with Gasteiger partial charge in [-0.15, -0.1) is 11.3 Å². The van der Waals surface area contributed by atoms with Crippen molar-refractivity contribution in [3.8, 4) is 10.6 Å². The third kappa shape index (κ3) is 2.83. The predicted octanol–water partition coefficient (Wildman–Crippen LogP) is 3.05. The highest BCUT2D eigenvalue weighted by molar-refractivity contribution is 7.15. The monoisotopic (exact) mass is 277 g/mol. The van der Waals surface area contributed by atoms with E-state index in [2.05, 4.69) is 4.98 Å². The van der Waals surface area contributed by atoms with E-state index < -0.39 is 5.97 Å². The molecule has 5 heteroatoms. The summed E-state index contributed by atoms with van der Waals surface area (Å²) in [5.41, 5.74) is 2.43. The number of aryl methyl sites for hydroxylation is 1. The minimum absolute atomic E-state index is 0.384. The van der Waals surface area contributed by atoms with Crippen LogP contribution in [-0.4, -0.2) is 25.2 Å². The second-order valence-corrected chi connectivity index (χ2v) is 5.21. The number of rotatable bonds is 4. The zero-order valence-corrected chi connectivity index (χ0v) is 11.9. The quantitative estimate of drug-likeness (QED) is 0.806. The third-order valence-electron chi connectivity index (χ3n) is 2.72. The average Bonchev–Trinajstić information content (AvgIpc) is 2.81. The summed E-state index contributed by atoms with van der Waals surface area (Å²) in [5.74, 6) is -0.399. The van der Waals surface area contributed by atoms with E-state index in [1.165, 1.54) is 18.4 Å². The Morgan fingerprint density at radius 1 is 1.32 bits per heavy atom. The minimum Gasteiger partial charge on any atom is -0.464 e. The van der Waals surface area contributed by atoms with Crippen LogP contribution in [0.1, 0.15) is 20.9 Å². The molecule has 1 aromatic carbocycles. The number of hydrogen-bond acceptors (Lipinski definition) is 5. The average molecular weight is 277 g/mol. The third-order valence-corrected chi connectivity index (χ3v) is 3.73. The van der Waals surface area contributed by atoms with Crippen molar-refractivity contribution < 1.29 is 14.3 Å². The summed E-state index contributed by atoms with van der Waals surface area (Å²) in [6.07, 6.45) is 0. The van der Waals surface area contributed by atoms with Gasteiger partial charge in [0.15, 0.2) is 5.69 Å². The molecule has 0 spiro atoms. The molecule has 0 aliphatic rings. The lowest BCUT2D eigenvalue weighted by molar-refractivity contribution is 0.0594. The fourth-order valence-electron chi connectivity index (χ4n) is 1.81. The molecule has 0 saturated carbocycles. The van der Waals surface area contributed by atoms with Gasteiger partial charge in [-0.25, -0.2) is 9.78 Å². The Hall–Kier alpha value is -1.72. The molecular weight excluding hydrogens is 262 g/mol. The number of benzene rings is 1. The SMILES string of the molecule is COCc1ccccc1-c1nc(C(=O)OC)c(C)s1. The van der Waals surface area contributed by atoms with Gasteiger partial charge in [-0.3, -0.25) is 0 Å². The Morgan fingerprint density at radius 2 is 2.05 bits per heavy atom. The van der Waals surface area contributed by atoms with Crippen LogP contribution >= 0.6 is 11.3 Å². The Kier molecular flexibility index (Phi) is 4.29. The number of esters is 1. The lowest BCUT2D eigenvalue weighted by atomic mass is 10.1. The summed E-state index contributed by atoms with van der Waals surface area (Å²) in [4.78, 5) is 16.8. The number of thiazole rings is 1. The van der Waals surface area contributed by atoms with Crippen LogP contribution in [0.2, 0.25) is 0 Å². The molecule has 2 rings (SSSR count). The number of aromatic nitrogens is 1. The summed E-state index contributed by atoms with van der Waals surface area (Å²) in [6.45, 7) is 2.38. The highest BCUT2D eigenvalue weighted by atomic mass is 32.1. The zero-order chi connectivity index (χ0) is 13.8. The molecule has 0 aliphatic carbocycles. The first kappa shape index (κ1) is 13.7. The van der Waals surface area contributed by atoms with E-state index in [0.29, 0.717) is 12.3 Å². The van der Waals surface area contributed by atoms with Gasteiger partial charge in [0.25, 0.3) is 0 Å². The maximum absolute atomic E-state index is 11.6. The second kappa shape index (κ2) is 5.95. The molecule has 4 nitrogen and oxygen atoms in total. The van der Waals surface area contributed by atoms with E-state index in [4.69, 9.17) is 9.47 Å². The van der Waals surface area contributed by atoms with E-state index in [1.807, 2.05) is 31.2 Å². The molecule has 19 heavy (non-hydrogen) atoms. The molecule has 0 fully saturated rings. The van der Waals surface area contributed by atoms with Crippen molar-refractivity contribution >= 4 is 17.3 Å². The Labute approximate surface area is 116 Å². The minimum atomic E-state index is -0.399. The van der Waals surface area contributed by atoms with Crippen LogP contribution in [-0.2, 0) is 16.1 Å². The van der Waals surface area contributed by atoms with Crippen LogP contribution in [0.15, 0.2) is 24.3 Å². The summed E-state index contributed by atoms with van der Waals surface area (Å²) in [5, 5.41) is 0.811. The summed E-state index contributed by atoms with van der Waals surface area (Å²) in [7, 11) is 3.02. The predicted molar refractivity (Wildman–Crippen MR) is 74.3 cm³/mol.